The van der Waals surface area contributed by atoms with Gasteiger partial charge in [-0.2, -0.15) is 4.98 Å². The Balaban J connectivity index is 1.49. The summed E-state index contributed by atoms with van der Waals surface area (Å²) in [4.78, 5) is 37.4. The van der Waals surface area contributed by atoms with Crippen molar-refractivity contribution in [2.24, 2.45) is 5.92 Å². The number of likely N-dealkylation sites (tertiary alicyclic amines) is 1. The molecule has 0 aliphatic carbocycles. The van der Waals surface area contributed by atoms with Gasteiger partial charge in [-0.15, -0.1) is 0 Å². The summed E-state index contributed by atoms with van der Waals surface area (Å²) in [7, 11) is 1.81. The Morgan fingerprint density at radius 3 is 2.52 bits per heavy atom. The monoisotopic (exact) mass is 462 g/mol. The first-order valence-corrected chi connectivity index (χ1v) is 10.7. The highest BCUT2D eigenvalue weighted by Crippen LogP contribution is 2.34. The van der Waals surface area contributed by atoms with Crippen molar-refractivity contribution in [1.29, 1.82) is 0 Å². The van der Waals surface area contributed by atoms with Crippen LogP contribution in [0.2, 0.25) is 0 Å². The largest absolute Gasteiger partial charge is 0.350 e. The maximum atomic E-state index is 13.5. The van der Waals surface area contributed by atoms with E-state index in [1.165, 1.54) is 4.90 Å². The van der Waals surface area contributed by atoms with Crippen molar-refractivity contribution >= 4 is 29.3 Å². The topological polar surface area (TPSA) is 90.5 Å². The number of nitrogens with one attached hydrogen (secondary N) is 2. The molecule has 4 rings (SSSR count). The molecule has 176 valence electrons. The normalized spacial score (nSPS) is 20.2. The van der Waals surface area contributed by atoms with Crippen molar-refractivity contribution < 1.29 is 22.8 Å². The van der Waals surface area contributed by atoms with Crippen molar-refractivity contribution in [1.82, 2.24) is 14.9 Å². The van der Waals surface area contributed by atoms with Gasteiger partial charge in [0.1, 0.15) is 11.7 Å². The molecule has 1 aromatic carbocycles. The molecule has 0 saturated carbocycles. The molecule has 2 aromatic rings. The van der Waals surface area contributed by atoms with Crippen molar-refractivity contribution in [3.05, 3.63) is 40.8 Å². The summed E-state index contributed by atoms with van der Waals surface area (Å²) in [5, 5.41) is 6.10. The van der Waals surface area contributed by atoms with Crippen LogP contribution in [0.25, 0.3) is 0 Å². The summed E-state index contributed by atoms with van der Waals surface area (Å²) in [6.07, 6.45) is 0.568. The standard InChI is InChI=1S/C22H25F3N6O2/c1-10(2)18-20(32)28-17-11(3)26-22(29-19(17)30(18)4)27-13-5-6-31(9-13)21(33)12-7-14(23)16(25)15(24)8-12/h7-8,10,13,18H,5-6,9H2,1-4H3,(H,28,32)(H,26,27,29)/t13?,18-/m0/s1. The van der Waals surface area contributed by atoms with Gasteiger partial charge in [0.15, 0.2) is 23.3 Å². The highest BCUT2D eigenvalue weighted by atomic mass is 19.2. The van der Waals surface area contributed by atoms with Crippen molar-refractivity contribution in [3.63, 3.8) is 0 Å². The number of carbonyl (C=O) groups is 2. The highest BCUT2D eigenvalue weighted by Gasteiger charge is 2.36. The number of hydrogen-bond acceptors (Lipinski definition) is 6. The summed E-state index contributed by atoms with van der Waals surface area (Å²) in [5.74, 6) is -4.06. The molecule has 0 radical (unpaired) electrons. The van der Waals surface area contributed by atoms with E-state index in [-0.39, 0.29) is 36.0 Å². The molecule has 0 bridgehead atoms. The first kappa shape index (κ1) is 22.8. The van der Waals surface area contributed by atoms with Gasteiger partial charge in [0.2, 0.25) is 11.9 Å². The molecular weight excluding hydrogens is 437 g/mol. The van der Waals surface area contributed by atoms with E-state index < -0.39 is 23.4 Å². The van der Waals surface area contributed by atoms with E-state index in [4.69, 9.17) is 0 Å². The number of fused-ring (bicyclic) bond motifs is 1. The van der Waals surface area contributed by atoms with Crippen molar-refractivity contribution in [2.45, 2.75) is 39.3 Å². The SMILES string of the molecule is Cc1nc(NC2CCN(C(=O)c3cc(F)c(F)c(F)c3)C2)nc2c1NC(=O)[C@H](C(C)C)N2C. The quantitative estimate of drug-likeness (QED) is 0.679. The fourth-order valence-corrected chi connectivity index (χ4v) is 4.39. The first-order valence-electron chi connectivity index (χ1n) is 10.7. The molecule has 2 aliphatic rings. The number of likely N-dealkylation sites (N-methyl/N-ethyl adjacent to an activating group) is 1. The summed E-state index contributed by atoms with van der Waals surface area (Å²) >= 11 is 0. The van der Waals surface area contributed by atoms with Crippen LogP contribution in [0.1, 0.15) is 36.3 Å². The van der Waals surface area contributed by atoms with Gasteiger partial charge in [-0.05, 0) is 31.4 Å². The lowest BCUT2D eigenvalue weighted by molar-refractivity contribution is -0.118. The number of rotatable bonds is 4. The van der Waals surface area contributed by atoms with Gasteiger partial charge < -0.3 is 20.4 Å². The lowest BCUT2D eigenvalue weighted by Crippen LogP contribution is -2.49. The molecule has 1 unspecified atom stereocenters. The van der Waals surface area contributed by atoms with Gasteiger partial charge in [-0.1, -0.05) is 13.8 Å². The molecule has 2 atom stereocenters. The zero-order valence-corrected chi connectivity index (χ0v) is 18.7. The lowest BCUT2D eigenvalue weighted by Gasteiger charge is -2.37. The third-order valence-corrected chi connectivity index (χ3v) is 6.01. The number of benzene rings is 1. The second kappa shape index (κ2) is 8.53. The highest BCUT2D eigenvalue weighted by molar-refractivity contribution is 6.03. The van der Waals surface area contributed by atoms with Crippen LogP contribution in [0.5, 0.6) is 0 Å². The number of nitrogens with zero attached hydrogens (tertiary/aromatic N) is 4. The zero-order valence-electron chi connectivity index (χ0n) is 18.7. The van der Waals surface area contributed by atoms with Gasteiger partial charge in [0.25, 0.3) is 5.91 Å². The van der Waals surface area contributed by atoms with E-state index in [0.717, 1.165) is 0 Å². The minimum atomic E-state index is -1.60. The molecular formula is C22H25F3N6O2. The van der Waals surface area contributed by atoms with E-state index >= 15 is 0 Å². The summed E-state index contributed by atoms with van der Waals surface area (Å²) in [6, 6.07) is 0.848. The smallest absolute Gasteiger partial charge is 0.254 e. The second-order valence-corrected chi connectivity index (χ2v) is 8.76. The van der Waals surface area contributed by atoms with Crippen LogP contribution in [0.4, 0.5) is 30.6 Å². The molecule has 33 heavy (non-hydrogen) atoms. The minimum absolute atomic E-state index is 0.0744. The van der Waals surface area contributed by atoms with Gasteiger partial charge in [0, 0.05) is 31.7 Å². The predicted molar refractivity (Wildman–Crippen MR) is 117 cm³/mol. The molecule has 11 heteroatoms. The Morgan fingerprint density at radius 1 is 1.21 bits per heavy atom. The Morgan fingerprint density at radius 2 is 1.88 bits per heavy atom. The molecule has 2 aliphatic heterocycles. The maximum Gasteiger partial charge on any atom is 0.254 e. The van der Waals surface area contributed by atoms with E-state index in [2.05, 4.69) is 20.6 Å². The Labute approximate surface area is 189 Å². The van der Waals surface area contributed by atoms with Crippen LogP contribution >= 0.6 is 0 Å². The Hall–Kier alpha value is -3.37. The van der Waals surface area contributed by atoms with Crippen LogP contribution in [0.15, 0.2) is 12.1 Å². The molecule has 1 aromatic heterocycles. The molecule has 8 nitrogen and oxygen atoms in total. The average molecular weight is 462 g/mol. The molecule has 1 fully saturated rings. The number of carbonyl (C=O) groups excluding carboxylic acids is 2. The van der Waals surface area contributed by atoms with Crippen molar-refractivity contribution in [2.75, 3.05) is 35.7 Å². The van der Waals surface area contributed by atoms with Gasteiger partial charge in [-0.25, -0.2) is 18.2 Å². The fraction of sp³-hybridized carbons (Fsp3) is 0.455. The molecule has 1 saturated heterocycles. The van der Waals surface area contributed by atoms with Crippen LogP contribution in [0.3, 0.4) is 0 Å². The van der Waals surface area contributed by atoms with Crippen LogP contribution in [-0.4, -0.2) is 58.9 Å². The van der Waals surface area contributed by atoms with Crippen LogP contribution in [-0.2, 0) is 4.79 Å². The van der Waals surface area contributed by atoms with E-state index in [1.54, 1.807) is 6.92 Å². The van der Waals surface area contributed by atoms with Crippen molar-refractivity contribution in [3.8, 4) is 0 Å². The van der Waals surface area contributed by atoms with Gasteiger partial charge in [-0.3, -0.25) is 9.59 Å². The maximum absolute atomic E-state index is 13.5. The fourth-order valence-electron chi connectivity index (χ4n) is 4.39. The number of anilines is 3. The number of amides is 2. The van der Waals surface area contributed by atoms with E-state index in [9.17, 15) is 22.8 Å². The number of hydrogen-bond donors (Lipinski definition) is 2. The summed E-state index contributed by atoms with van der Waals surface area (Å²) in [6.45, 7) is 6.31. The minimum Gasteiger partial charge on any atom is -0.350 e. The number of aryl methyl sites for hydroxylation is 1. The number of aromatic nitrogens is 2. The van der Waals surface area contributed by atoms with Gasteiger partial charge in [0.05, 0.1) is 5.69 Å². The Kier molecular flexibility index (Phi) is 5.89. The van der Waals surface area contributed by atoms with Gasteiger partial charge >= 0.3 is 0 Å². The molecule has 2 amide bonds. The third-order valence-electron chi connectivity index (χ3n) is 6.01. The van der Waals surface area contributed by atoms with E-state index in [0.29, 0.717) is 48.2 Å². The van der Waals surface area contributed by atoms with Crippen LogP contribution in [0, 0.1) is 30.3 Å². The molecule has 3 heterocycles. The first-order chi connectivity index (χ1) is 15.6. The van der Waals surface area contributed by atoms with Crippen LogP contribution < -0.4 is 15.5 Å². The molecule has 2 N–H and O–H groups in total. The lowest BCUT2D eigenvalue weighted by atomic mass is 9.99. The predicted octanol–water partition coefficient (Wildman–Crippen LogP) is 2.94. The Bertz CT molecular complexity index is 1100. The zero-order chi connectivity index (χ0) is 24.0. The summed E-state index contributed by atoms with van der Waals surface area (Å²) in [5.41, 5.74) is 0.923. The number of halogens is 3. The average Bonchev–Trinajstić information content (AvgIpc) is 3.20. The second-order valence-electron chi connectivity index (χ2n) is 8.76. The molecule has 0 spiro atoms. The third kappa shape index (κ3) is 4.19. The van der Waals surface area contributed by atoms with E-state index in [1.807, 2.05) is 25.8 Å². The summed E-state index contributed by atoms with van der Waals surface area (Å²) < 4.78 is 40.2.